The third-order valence-electron chi connectivity index (χ3n) is 3.36. The van der Waals surface area contributed by atoms with Gasteiger partial charge in [-0.3, -0.25) is 0 Å². The Morgan fingerprint density at radius 2 is 2.41 bits per heavy atom. The normalized spacial score (nSPS) is 25.4. The Kier molecular flexibility index (Phi) is 4.05. The van der Waals surface area contributed by atoms with Crippen LogP contribution < -0.4 is 0 Å². The predicted molar refractivity (Wildman–Crippen MR) is 67.3 cm³/mol. The van der Waals surface area contributed by atoms with Crippen LogP contribution in [0.4, 0.5) is 0 Å². The van der Waals surface area contributed by atoms with E-state index in [1.54, 1.807) is 6.33 Å². The summed E-state index contributed by atoms with van der Waals surface area (Å²) in [5.41, 5.74) is 0.0411. The van der Waals surface area contributed by atoms with Crippen LogP contribution in [0.3, 0.4) is 0 Å². The van der Waals surface area contributed by atoms with Crippen LogP contribution in [0.25, 0.3) is 0 Å². The molecule has 96 valence electrons. The first-order valence-electron chi connectivity index (χ1n) is 6.19. The van der Waals surface area contributed by atoms with Gasteiger partial charge in [0.05, 0.1) is 6.61 Å². The molecule has 1 aliphatic heterocycles. The van der Waals surface area contributed by atoms with Crippen molar-refractivity contribution in [3.05, 3.63) is 12.2 Å². The van der Waals surface area contributed by atoms with Gasteiger partial charge in [0.2, 0.25) is 0 Å². The third kappa shape index (κ3) is 2.80. The highest BCUT2D eigenvalue weighted by molar-refractivity contribution is 6.18. The number of hydrogen-bond acceptors (Lipinski definition) is 3. The fourth-order valence-corrected chi connectivity index (χ4v) is 2.67. The molecule has 5 heteroatoms. The number of aromatic nitrogens is 3. The van der Waals surface area contributed by atoms with Crippen molar-refractivity contribution in [3.8, 4) is 0 Å². The molecule has 1 fully saturated rings. The van der Waals surface area contributed by atoms with Crippen molar-refractivity contribution in [2.75, 3.05) is 19.1 Å². The van der Waals surface area contributed by atoms with E-state index in [-0.39, 0.29) is 5.41 Å². The van der Waals surface area contributed by atoms with E-state index in [4.69, 9.17) is 16.3 Å². The Labute approximate surface area is 107 Å². The molecule has 1 aromatic heterocycles. The van der Waals surface area contributed by atoms with Gasteiger partial charge in [-0.05, 0) is 26.7 Å². The molecule has 0 saturated carbocycles. The molecule has 4 nitrogen and oxygen atoms in total. The average Bonchev–Trinajstić information content (AvgIpc) is 2.78. The number of hydrogen-bond donors (Lipinski definition) is 0. The van der Waals surface area contributed by atoms with E-state index >= 15 is 0 Å². The maximum absolute atomic E-state index is 6.15. The third-order valence-corrected chi connectivity index (χ3v) is 3.92. The summed E-state index contributed by atoms with van der Waals surface area (Å²) in [6, 6.07) is 0.337. The van der Waals surface area contributed by atoms with Crippen molar-refractivity contribution < 1.29 is 4.74 Å². The zero-order chi connectivity index (χ0) is 12.3. The van der Waals surface area contributed by atoms with E-state index < -0.39 is 0 Å². The van der Waals surface area contributed by atoms with Gasteiger partial charge in [0, 0.05) is 30.4 Å². The maximum atomic E-state index is 6.15. The van der Waals surface area contributed by atoms with Crippen LogP contribution in [-0.4, -0.2) is 33.9 Å². The summed E-state index contributed by atoms with van der Waals surface area (Å²) in [6.07, 6.45) is 4.68. The summed E-state index contributed by atoms with van der Waals surface area (Å²) in [5, 5.41) is 4.27. The van der Waals surface area contributed by atoms with Crippen LogP contribution in [0.2, 0.25) is 0 Å². The molecule has 2 rings (SSSR count). The molecule has 1 aromatic rings. The molecule has 0 bridgehead atoms. The van der Waals surface area contributed by atoms with Crippen molar-refractivity contribution in [2.24, 2.45) is 5.41 Å². The SMILES string of the molecule is CC(C)n1ncnc1CC1(CCl)CCCOC1. The zero-order valence-electron chi connectivity index (χ0n) is 10.5. The number of nitrogens with zero attached hydrogens (tertiary/aromatic N) is 3. The van der Waals surface area contributed by atoms with Gasteiger partial charge in [-0.1, -0.05) is 0 Å². The van der Waals surface area contributed by atoms with Crippen LogP contribution >= 0.6 is 11.6 Å². The van der Waals surface area contributed by atoms with Gasteiger partial charge in [-0.25, -0.2) is 9.67 Å². The highest BCUT2D eigenvalue weighted by Crippen LogP contribution is 2.33. The highest BCUT2D eigenvalue weighted by Gasteiger charge is 2.34. The first kappa shape index (κ1) is 12.8. The Bertz CT molecular complexity index is 358. The smallest absolute Gasteiger partial charge is 0.138 e. The van der Waals surface area contributed by atoms with Crippen molar-refractivity contribution in [1.29, 1.82) is 0 Å². The fourth-order valence-electron chi connectivity index (χ4n) is 2.37. The average molecular weight is 258 g/mol. The van der Waals surface area contributed by atoms with Gasteiger partial charge in [-0.15, -0.1) is 11.6 Å². The number of alkyl halides is 1. The maximum Gasteiger partial charge on any atom is 0.138 e. The Morgan fingerprint density at radius 3 is 3.00 bits per heavy atom. The summed E-state index contributed by atoms with van der Waals surface area (Å²) in [5.74, 6) is 1.64. The molecule has 0 N–H and O–H groups in total. The van der Waals surface area contributed by atoms with Gasteiger partial charge in [0.1, 0.15) is 12.2 Å². The topological polar surface area (TPSA) is 39.9 Å². The minimum absolute atomic E-state index is 0.0411. The fraction of sp³-hybridized carbons (Fsp3) is 0.833. The monoisotopic (exact) mass is 257 g/mol. The number of rotatable bonds is 4. The first-order valence-corrected chi connectivity index (χ1v) is 6.72. The molecule has 1 saturated heterocycles. The van der Waals surface area contributed by atoms with Gasteiger partial charge in [-0.2, -0.15) is 5.10 Å². The molecular formula is C12H20ClN3O. The van der Waals surface area contributed by atoms with Gasteiger partial charge >= 0.3 is 0 Å². The lowest BCUT2D eigenvalue weighted by Gasteiger charge is -2.35. The van der Waals surface area contributed by atoms with E-state index in [0.717, 1.165) is 38.3 Å². The molecule has 0 radical (unpaired) electrons. The second kappa shape index (κ2) is 5.36. The lowest BCUT2D eigenvalue weighted by Crippen LogP contribution is -2.36. The van der Waals surface area contributed by atoms with Crippen LogP contribution in [0, 0.1) is 5.41 Å². The molecule has 1 atom stereocenters. The van der Waals surface area contributed by atoms with E-state index in [1.165, 1.54) is 0 Å². The van der Waals surface area contributed by atoms with Gasteiger partial charge < -0.3 is 4.74 Å². The lowest BCUT2D eigenvalue weighted by molar-refractivity contribution is 0.00317. The quantitative estimate of drug-likeness (QED) is 0.778. The standard InChI is InChI=1S/C12H20ClN3O/c1-10(2)16-11(14-9-15-16)6-12(7-13)4-3-5-17-8-12/h9-10H,3-8H2,1-2H3. The van der Waals surface area contributed by atoms with Crippen LogP contribution in [0.5, 0.6) is 0 Å². The second-order valence-electron chi connectivity index (χ2n) is 5.18. The van der Waals surface area contributed by atoms with Crippen LogP contribution in [0.1, 0.15) is 38.6 Å². The Morgan fingerprint density at radius 1 is 1.59 bits per heavy atom. The summed E-state index contributed by atoms with van der Waals surface area (Å²) < 4.78 is 7.56. The van der Waals surface area contributed by atoms with Crippen LogP contribution in [0.15, 0.2) is 6.33 Å². The Hall–Kier alpha value is -0.610. The highest BCUT2D eigenvalue weighted by atomic mass is 35.5. The van der Waals surface area contributed by atoms with Crippen molar-refractivity contribution in [3.63, 3.8) is 0 Å². The molecule has 0 aromatic carbocycles. The molecule has 0 spiro atoms. The molecule has 0 aliphatic carbocycles. The Balaban J connectivity index is 2.14. The van der Waals surface area contributed by atoms with Crippen molar-refractivity contribution in [1.82, 2.24) is 14.8 Å². The largest absolute Gasteiger partial charge is 0.381 e. The van der Waals surface area contributed by atoms with Crippen molar-refractivity contribution in [2.45, 2.75) is 39.2 Å². The molecular weight excluding hydrogens is 238 g/mol. The molecule has 2 heterocycles. The van der Waals surface area contributed by atoms with Gasteiger partial charge in [0.15, 0.2) is 0 Å². The number of halogens is 1. The molecule has 1 unspecified atom stereocenters. The summed E-state index contributed by atoms with van der Waals surface area (Å²) in [6.45, 7) is 5.82. The minimum Gasteiger partial charge on any atom is -0.381 e. The molecule has 1 aliphatic rings. The van der Waals surface area contributed by atoms with E-state index in [9.17, 15) is 0 Å². The van der Waals surface area contributed by atoms with Crippen molar-refractivity contribution >= 4 is 11.6 Å². The molecule has 0 amide bonds. The predicted octanol–water partition coefficient (Wildman–Crippen LogP) is 2.44. The lowest BCUT2D eigenvalue weighted by atomic mass is 9.81. The zero-order valence-corrected chi connectivity index (χ0v) is 11.3. The minimum atomic E-state index is 0.0411. The first-order chi connectivity index (χ1) is 8.17. The van der Waals surface area contributed by atoms with E-state index in [2.05, 4.69) is 23.9 Å². The van der Waals surface area contributed by atoms with Gasteiger partial charge in [0.25, 0.3) is 0 Å². The summed E-state index contributed by atoms with van der Waals surface area (Å²) >= 11 is 6.15. The molecule has 17 heavy (non-hydrogen) atoms. The van der Waals surface area contributed by atoms with E-state index in [0.29, 0.717) is 11.9 Å². The van der Waals surface area contributed by atoms with E-state index in [1.807, 2.05) is 4.68 Å². The van der Waals surface area contributed by atoms with Crippen LogP contribution in [-0.2, 0) is 11.2 Å². The second-order valence-corrected chi connectivity index (χ2v) is 5.45. The summed E-state index contributed by atoms with van der Waals surface area (Å²) in [4.78, 5) is 4.36. The summed E-state index contributed by atoms with van der Waals surface area (Å²) in [7, 11) is 0. The number of ether oxygens (including phenoxy) is 1.